The molecule has 0 saturated heterocycles. The molecule has 186 valence electrons. The number of hydrogen-bond donors (Lipinski definition) is 0. The minimum atomic E-state index is -0.280. The molecule has 0 N–H and O–H groups in total. The smallest absolute Gasteiger partial charge is 0.128 e. The predicted octanol–water partition coefficient (Wildman–Crippen LogP) is 9.63. The van der Waals surface area contributed by atoms with Gasteiger partial charge in [-0.3, -0.25) is 0 Å². The van der Waals surface area contributed by atoms with E-state index in [2.05, 4.69) is 83.2 Å². The van der Waals surface area contributed by atoms with E-state index < -0.39 is 0 Å². The topological polar surface area (TPSA) is 18.5 Å². The molecule has 0 aliphatic carbocycles. The van der Waals surface area contributed by atoms with Crippen molar-refractivity contribution in [1.82, 2.24) is 0 Å². The third-order valence-corrected chi connectivity index (χ3v) is 6.44. The highest BCUT2D eigenvalue weighted by atomic mass is 16.5. The Hall–Kier alpha value is -3.00. The summed E-state index contributed by atoms with van der Waals surface area (Å²) in [6, 6.07) is 16.3. The normalized spacial score (nSPS) is 17.5. The zero-order valence-electron chi connectivity index (χ0n) is 22.3. The van der Waals surface area contributed by atoms with Gasteiger partial charge in [0, 0.05) is 5.56 Å². The van der Waals surface area contributed by atoms with Crippen molar-refractivity contribution in [3.05, 3.63) is 101 Å². The van der Waals surface area contributed by atoms with Gasteiger partial charge in [-0.2, -0.15) is 0 Å². The number of hydrogen-bond acceptors (Lipinski definition) is 2. The van der Waals surface area contributed by atoms with Crippen LogP contribution in [-0.2, 0) is 6.61 Å². The van der Waals surface area contributed by atoms with Gasteiger partial charge in [0.1, 0.15) is 23.7 Å². The molecule has 0 saturated carbocycles. The second kappa shape index (κ2) is 13.2. The van der Waals surface area contributed by atoms with E-state index in [9.17, 15) is 0 Å². The maximum absolute atomic E-state index is 6.40. The summed E-state index contributed by atoms with van der Waals surface area (Å²) in [5.74, 6) is 1.79. The fraction of sp³-hybridized carbons (Fsp3) is 0.394. The maximum Gasteiger partial charge on any atom is 0.128 e. The molecule has 0 radical (unpaired) electrons. The molecule has 1 heterocycles. The van der Waals surface area contributed by atoms with Gasteiger partial charge < -0.3 is 9.47 Å². The largest absolute Gasteiger partial charge is 0.489 e. The van der Waals surface area contributed by atoms with E-state index in [1.54, 1.807) is 0 Å². The summed E-state index contributed by atoms with van der Waals surface area (Å²) < 4.78 is 12.4. The Morgan fingerprint density at radius 3 is 2.26 bits per heavy atom. The molecule has 35 heavy (non-hydrogen) atoms. The summed E-state index contributed by atoms with van der Waals surface area (Å²) in [4.78, 5) is 0. The molecule has 0 aromatic heterocycles. The molecule has 2 aromatic carbocycles. The van der Waals surface area contributed by atoms with E-state index in [1.165, 1.54) is 22.3 Å². The Morgan fingerprint density at radius 1 is 0.857 bits per heavy atom. The van der Waals surface area contributed by atoms with E-state index in [4.69, 9.17) is 9.47 Å². The molecular weight excluding hydrogens is 428 g/mol. The molecule has 3 rings (SSSR count). The number of fused-ring (bicyclic) bond motifs is 1. The van der Waals surface area contributed by atoms with Crippen molar-refractivity contribution in [1.29, 1.82) is 0 Å². The molecule has 2 nitrogen and oxygen atoms in total. The SMILES string of the molecule is CC(C)=CCC/C(C)=C/CC/C(C)=C/CC[C@]1(C)C=Cc2cc(OCc3ccccc3)ccc2O1. The van der Waals surface area contributed by atoms with E-state index in [1.807, 2.05) is 30.3 Å². The Balaban J connectivity index is 1.44. The molecule has 0 spiro atoms. The molecule has 0 unspecified atom stereocenters. The highest BCUT2D eigenvalue weighted by Gasteiger charge is 2.26. The van der Waals surface area contributed by atoms with Crippen molar-refractivity contribution < 1.29 is 9.47 Å². The minimum Gasteiger partial charge on any atom is -0.489 e. The molecule has 1 atom stereocenters. The Labute approximate surface area is 213 Å². The zero-order valence-corrected chi connectivity index (χ0v) is 22.3. The van der Waals surface area contributed by atoms with Crippen LogP contribution in [0.2, 0.25) is 0 Å². The van der Waals surface area contributed by atoms with Gasteiger partial charge in [-0.1, -0.05) is 71.4 Å². The van der Waals surface area contributed by atoms with Crippen molar-refractivity contribution in [3.63, 3.8) is 0 Å². The Morgan fingerprint density at radius 2 is 1.54 bits per heavy atom. The summed E-state index contributed by atoms with van der Waals surface area (Å²) in [7, 11) is 0. The van der Waals surface area contributed by atoms with Crippen LogP contribution in [0, 0.1) is 0 Å². The van der Waals surface area contributed by atoms with E-state index in [-0.39, 0.29) is 5.60 Å². The van der Waals surface area contributed by atoms with E-state index in [0.29, 0.717) is 6.61 Å². The summed E-state index contributed by atoms with van der Waals surface area (Å²) >= 11 is 0. The first-order valence-electron chi connectivity index (χ1n) is 13.0. The van der Waals surface area contributed by atoms with Crippen LogP contribution in [0.3, 0.4) is 0 Å². The van der Waals surface area contributed by atoms with Crippen LogP contribution in [0.15, 0.2) is 89.6 Å². The fourth-order valence-electron chi connectivity index (χ4n) is 4.21. The van der Waals surface area contributed by atoms with E-state index in [0.717, 1.165) is 55.6 Å². The van der Waals surface area contributed by atoms with E-state index >= 15 is 0 Å². The van der Waals surface area contributed by atoms with Crippen molar-refractivity contribution in [2.24, 2.45) is 0 Å². The second-order valence-electron chi connectivity index (χ2n) is 10.2. The summed E-state index contributed by atoms with van der Waals surface area (Å²) in [5, 5.41) is 0. The number of rotatable bonds is 12. The van der Waals surface area contributed by atoms with Gasteiger partial charge in [-0.15, -0.1) is 0 Å². The van der Waals surface area contributed by atoms with Crippen molar-refractivity contribution in [2.45, 2.75) is 85.4 Å². The first-order chi connectivity index (χ1) is 16.8. The van der Waals surface area contributed by atoms with Crippen LogP contribution in [0.5, 0.6) is 11.5 Å². The van der Waals surface area contributed by atoms with Crippen molar-refractivity contribution in [2.75, 3.05) is 0 Å². The van der Waals surface area contributed by atoms with Crippen molar-refractivity contribution >= 4 is 6.08 Å². The fourth-order valence-corrected chi connectivity index (χ4v) is 4.21. The lowest BCUT2D eigenvalue weighted by molar-refractivity contribution is 0.128. The highest BCUT2D eigenvalue weighted by Crippen LogP contribution is 2.35. The third-order valence-electron chi connectivity index (χ3n) is 6.44. The Kier molecular flexibility index (Phi) is 10.0. The predicted molar refractivity (Wildman–Crippen MR) is 150 cm³/mol. The van der Waals surface area contributed by atoms with Crippen LogP contribution in [0.25, 0.3) is 6.08 Å². The van der Waals surface area contributed by atoms with Gasteiger partial charge in [0.25, 0.3) is 0 Å². The monoisotopic (exact) mass is 470 g/mol. The molecular formula is C33H42O2. The average Bonchev–Trinajstić information content (AvgIpc) is 2.83. The molecule has 1 aliphatic rings. The van der Waals surface area contributed by atoms with Crippen LogP contribution in [-0.4, -0.2) is 5.60 Å². The molecule has 0 fully saturated rings. The molecule has 2 heteroatoms. The first kappa shape index (κ1) is 26.6. The van der Waals surface area contributed by atoms with Crippen LogP contribution >= 0.6 is 0 Å². The van der Waals surface area contributed by atoms with Gasteiger partial charge >= 0.3 is 0 Å². The van der Waals surface area contributed by atoms with Gasteiger partial charge in [0.05, 0.1) is 0 Å². The molecule has 2 aromatic rings. The van der Waals surface area contributed by atoms with Crippen LogP contribution in [0.1, 0.15) is 84.3 Å². The van der Waals surface area contributed by atoms with Crippen LogP contribution < -0.4 is 9.47 Å². The number of allylic oxidation sites excluding steroid dienone is 6. The lowest BCUT2D eigenvalue weighted by atomic mass is 9.94. The highest BCUT2D eigenvalue weighted by molar-refractivity contribution is 5.62. The standard InChI is InChI=1S/C33H42O2/c1-26(2)12-9-13-27(3)14-10-15-28(4)16-11-22-33(5)23-21-30-24-31(19-20-32(30)35-33)34-25-29-17-7-6-8-18-29/h6-8,12,14,16-21,23-24H,9-11,13,15,22,25H2,1-5H3/b27-14+,28-16+/t33-/m1/s1. The lowest BCUT2D eigenvalue weighted by Crippen LogP contribution is -2.31. The molecule has 1 aliphatic heterocycles. The van der Waals surface area contributed by atoms with Gasteiger partial charge in [0.15, 0.2) is 0 Å². The van der Waals surface area contributed by atoms with Gasteiger partial charge in [-0.25, -0.2) is 0 Å². The quantitative estimate of drug-likeness (QED) is 0.287. The minimum absolute atomic E-state index is 0.280. The number of benzene rings is 2. The number of ether oxygens (including phenoxy) is 2. The van der Waals surface area contributed by atoms with Crippen LogP contribution in [0.4, 0.5) is 0 Å². The summed E-state index contributed by atoms with van der Waals surface area (Å²) in [6.07, 6.45) is 18.0. The Bertz CT molecular complexity index is 1070. The zero-order chi connectivity index (χ0) is 25.1. The molecule has 0 amide bonds. The van der Waals surface area contributed by atoms with Crippen molar-refractivity contribution in [3.8, 4) is 11.5 Å². The molecule has 0 bridgehead atoms. The first-order valence-corrected chi connectivity index (χ1v) is 13.0. The second-order valence-corrected chi connectivity index (χ2v) is 10.2. The van der Waals surface area contributed by atoms with Gasteiger partial charge in [-0.05, 0) is 103 Å². The average molecular weight is 471 g/mol. The third kappa shape index (κ3) is 9.28. The maximum atomic E-state index is 6.40. The lowest BCUT2D eigenvalue weighted by Gasteiger charge is -2.31. The summed E-state index contributed by atoms with van der Waals surface area (Å²) in [6.45, 7) is 11.6. The van der Waals surface area contributed by atoms with Gasteiger partial charge in [0.2, 0.25) is 0 Å². The summed E-state index contributed by atoms with van der Waals surface area (Å²) in [5.41, 5.74) is 6.32.